The summed E-state index contributed by atoms with van der Waals surface area (Å²) >= 11 is 0. The smallest absolute Gasteiger partial charge is 0.354 e. The van der Waals surface area contributed by atoms with Crippen molar-refractivity contribution in [2.45, 2.75) is 37.4 Å². The van der Waals surface area contributed by atoms with Crippen molar-refractivity contribution >= 4 is 17.6 Å². The first-order valence-electron chi connectivity index (χ1n) is 7.87. The summed E-state index contributed by atoms with van der Waals surface area (Å²) in [5.74, 6) is -0.176. The third kappa shape index (κ3) is 2.92. The maximum atomic E-state index is 12.8. The molecule has 2 fully saturated rings. The number of hydrogen-bond acceptors (Lipinski definition) is 2. The van der Waals surface area contributed by atoms with Crippen molar-refractivity contribution < 1.29 is 22.8 Å². The molecule has 130 valence electrons. The van der Waals surface area contributed by atoms with Gasteiger partial charge in [0.2, 0.25) is 5.91 Å². The Morgan fingerprint density at radius 3 is 2.71 bits per heavy atom. The first kappa shape index (κ1) is 16.6. The molecule has 2 heterocycles. The Hall–Kier alpha value is -2.25. The first-order valence-corrected chi connectivity index (χ1v) is 7.87. The van der Waals surface area contributed by atoms with Gasteiger partial charge in [0.25, 0.3) is 0 Å². The second-order valence-corrected chi connectivity index (χ2v) is 6.15. The van der Waals surface area contributed by atoms with Gasteiger partial charge in [0.15, 0.2) is 0 Å². The van der Waals surface area contributed by atoms with Crippen LogP contribution in [0.5, 0.6) is 0 Å². The lowest BCUT2D eigenvalue weighted by molar-refractivity contribution is -0.137. The van der Waals surface area contributed by atoms with Crippen molar-refractivity contribution in [2.75, 3.05) is 18.4 Å². The Balaban J connectivity index is 1.78. The van der Waals surface area contributed by atoms with Crippen LogP contribution < -0.4 is 10.6 Å². The molecule has 24 heavy (non-hydrogen) atoms. The van der Waals surface area contributed by atoms with Crippen LogP contribution in [-0.2, 0) is 11.0 Å². The van der Waals surface area contributed by atoms with E-state index in [1.807, 2.05) is 0 Å². The molecule has 0 bridgehead atoms. The molecule has 0 aromatic heterocycles. The van der Waals surface area contributed by atoms with E-state index in [1.165, 1.54) is 17.0 Å². The molecule has 1 unspecified atom stereocenters. The van der Waals surface area contributed by atoms with E-state index in [1.54, 1.807) is 0 Å². The molecule has 0 saturated carbocycles. The largest absolute Gasteiger partial charge is 0.416 e. The molecule has 0 radical (unpaired) electrons. The molecule has 2 N–H and O–H groups in total. The van der Waals surface area contributed by atoms with E-state index in [0.29, 0.717) is 32.4 Å². The first-order chi connectivity index (χ1) is 11.3. The van der Waals surface area contributed by atoms with Gasteiger partial charge in [0.05, 0.1) is 5.56 Å². The maximum absolute atomic E-state index is 12.8. The zero-order chi connectivity index (χ0) is 17.4. The van der Waals surface area contributed by atoms with Crippen molar-refractivity contribution in [3.05, 3.63) is 29.8 Å². The third-order valence-corrected chi connectivity index (χ3v) is 4.65. The summed E-state index contributed by atoms with van der Waals surface area (Å²) in [7, 11) is 0. The van der Waals surface area contributed by atoms with Crippen LogP contribution in [0.2, 0.25) is 0 Å². The van der Waals surface area contributed by atoms with Crippen LogP contribution in [0.15, 0.2) is 24.3 Å². The average Bonchev–Trinajstić information content (AvgIpc) is 2.94. The molecule has 1 aromatic carbocycles. The van der Waals surface area contributed by atoms with Crippen LogP contribution in [0, 0.1) is 0 Å². The molecule has 8 heteroatoms. The minimum atomic E-state index is -4.47. The summed E-state index contributed by atoms with van der Waals surface area (Å²) in [6, 6.07) is 3.94. The predicted octanol–water partition coefficient (Wildman–Crippen LogP) is 2.98. The van der Waals surface area contributed by atoms with E-state index in [-0.39, 0.29) is 11.6 Å². The Morgan fingerprint density at radius 1 is 1.25 bits per heavy atom. The Kier molecular flexibility index (Phi) is 4.15. The summed E-state index contributed by atoms with van der Waals surface area (Å²) in [4.78, 5) is 26.3. The highest BCUT2D eigenvalue weighted by Crippen LogP contribution is 2.36. The number of carbonyl (C=O) groups excluding carboxylic acids is 2. The fourth-order valence-electron chi connectivity index (χ4n) is 3.50. The van der Waals surface area contributed by atoms with Gasteiger partial charge in [-0.2, -0.15) is 13.2 Å². The fourth-order valence-corrected chi connectivity index (χ4v) is 3.50. The van der Waals surface area contributed by atoms with Crippen molar-refractivity contribution in [1.29, 1.82) is 0 Å². The molecule has 2 aliphatic rings. The molecule has 1 spiro atoms. The highest BCUT2D eigenvalue weighted by molar-refractivity contribution is 5.97. The number of rotatable bonds is 1. The number of likely N-dealkylation sites (tertiary alicyclic amines) is 1. The van der Waals surface area contributed by atoms with E-state index < -0.39 is 23.3 Å². The highest BCUT2D eigenvalue weighted by Gasteiger charge is 2.50. The second-order valence-electron chi connectivity index (χ2n) is 6.15. The van der Waals surface area contributed by atoms with Crippen molar-refractivity contribution in [2.24, 2.45) is 0 Å². The molecular weight excluding hydrogens is 323 g/mol. The summed E-state index contributed by atoms with van der Waals surface area (Å²) in [6.07, 6.45) is -1.84. The number of carbonyl (C=O) groups is 2. The van der Waals surface area contributed by atoms with E-state index in [4.69, 9.17) is 0 Å². The minimum absolute atomic E-state index is 0.0630. The molecule has 1 aromatic rings. The van der Waals surface area contributed by atoms with Crippen molar-refractivity contribution in [1.82, 2.24) is 10.2 Å². The van der Waals surface area contributed by atoms with Crippen LogP contribution in [0.1, 0.15) is 31.2 Å². The normalized spacial score (nSPS) is 24.1. The van der Waals surface area contributed by atoms with Crippen LogP contribution in [-0.4, -0.2) is 35.5 Å². The number of nitrogens with zero attached hydrogens (tertiary/aromatic N) is 1. The lowest BCUT2D eigenvalue weighted by atomic mass is 9.86. The quantitative estimate of drug-likeness (QED) is 0.825. The zero-order valence-electron chi connectivity index (χ0n) is 12.9. The van der Waals surface area contributed by atoms with Crippen molar-refractivity contribution in [3.8, 4) is 0 Å². The Morgan fingerprint density at radius 2 is 2.00 bits per heavy atom. The van der Waals surface area contributed by atoms with Crippen LogP contribution in [0.25, 0.3) is 0 Å². The number of urea groups is 1. The molecule has 3 amide bonds. The standard InChI is InChI=1S/C16H18F3N3O2/c17-16(18,19)11-4-1-5-12(10-11)21-14(24)22-9-3-7-15(22)6-2-8-20-13(15)23/h1,4-5,10H,2-3,6-9H2,(H,20,23)(H,21,24). The van der Waals surface area contributed by atoms with Gasteiger partial charge in [-0.3, -0.25) is 4.79 Å². The summed E-state index contributed by atoms with van der Waals surface area (Å²) in [5.41, 5.74) is -1.64. The Bertz CT molecular complexity index is 662. The molecule has 2 aliphatic heterocycles. The van der Waals surface area contributed by atoms with E-state index >= 15 is 0 Å². The number of anilines is 1. The third-order valence-electron chi connectivity index (χ3n) is 4.65. The van der Waals surface area contributed by atoms with Crippen LogP contribution in [0.3, 0.4) is 0 Å². The van der Waals surface area contributed by atoms with Crippen molar-refractivity contribution in [3.63, 3.8) is 0 Å². The van der Waals surface area contributed by atoms with E-state index in [0.717, 1.165) is 18.6 Å². The van der Waals surface area contributed by atoms with Gasteiger partial charge in [0, 0.05) is 18.8 Å². The summed E-state index contributed by atoms with van der Waals surface area (Å²) in [5, 5.41) is 5.28. The summed E-state index contributed by atoms with van der Waals surface area (Å²) in [6.45, 7) is 1.00. The van der Waals surface area contributed by atoms with Gasteiger partial charge in [-0.05, 0) is 43.9 Å². The lowest BCUT2D eigenvalue weighted by Crippen LogP contribution is -2.60. The topological polar surface area (TPSA) is 61.4 Å². The zero-order valence-corrected chi connectivity index (χ0v) is 12.9. The fraction of sp³-hybridized carbons (Fsp3) is 0.500. The predicted molar refractivity (Wildman–Crippen MR) is 81.4 cm³/mol. The molecule has 0 aliphatic carbocycles. The number of benzene rings is 1. The van der Waals surface area contributed by atoms with Gasteiger partial charge in [0.1, 0.15) is 5.54 Å². The highest BCUT2D eigenvalue weighted by atomic mass is 19.4. The van der Waals surface area contributed by atoms with Gasteiger partial charge in [-0.25, -0.2) is 4.79 Å². The van der Waals surface area contributed by atoms with Gasteiger partial charge in [-0.15, -0.1) is 0 Å². The lowest BCUT2D eigenvalue weighted by Gasteiger charge is -2.39. The number of halogens is 3. The average molecular weight is 341 g/mol. The number of hydrogen-bond donors (Lipinski definition) is 2. The SMILES string of the molecule is O=C(Nc1cccc(C(F)(F)F)c1)N1CCCC12CCCNC2=O. The molecule has 2 saturated heterocycles. The monoisotopic (exact) mass is 341 g/mol. The summed E-state index contributed by atoms with van der Waals surface area (Å²) < 4.78 is 38.3. The van der Waals surface area contributed by atoms with Crippen LogP contribution in [0.4, 0.5) is 23.7 Å². The second kappa shape index (κ2) is 5.99. The molecular formula is C16H18F3N3O2. The van der Waals surface area contributed by atoms with Gasteiger partial charge in [-0.1, -0.05) is 6.07 Å². The molecule has 1 atom stereocenters. The van der Waals surface area contributed by atoms with E-state index in [9.17, 15) is 22.8 Å². The number of amides is 3. The minimum Gasteiger partial charge on any atom is -0.354 e. The van der Waals surface area contributed by atoms with Crippen LogP contribution >= 0.6 is 0 Å². The van der Waals surface area contributed by atoms with E-state index in [2.05, 4.69) is 10.6 Å². The Labute approximate surface area is 137 Å². The molecule has 5 nitrogen and oxygen atoms in total. The number of nitrogens with one attached hydrogen (secondary N) is 2. The van der Waals surface area contributed by atoms with Gasteiger partial charge >= 0.3 is 12.2 Å². The number of piperidine rings is 1. The van der Waals surface area contributed by atoms with Gasteiger partial charge < -0.3 is 15.5 Å². The maximum Gasteiger partial charge on any atom is 0.416 e. The number of alkyl halides is 3. The molecule has 3 rings (SSSR count).